The van der Waals surface area contributed by atoms with Gasteiger partial charge < -0.3 is 5.11 Å². The van der Waals surface area contributed by atoms with Gasteiger partial charge in [-0.1, -0.05) is 17.7 Å². The lowest BCUT2D eigenvalue weighted by molar-refractivity contribution is 0.172. The van der Waals surface area contributed by atoms with Crippen LogP contribution in [0.3, 0.4) is 0 Å². The van der Waals surface area contributed by atoms with Crippen LogP contribution in [-0.2, 0) is 6.42 Å². The number of benzene rings is 1. The van der Waals surface area contributed by atoms with Crippen LogP contribution in [0.4, 0.5) is 4.39 Å². The first kappa shape index (κ1) is 13.0. The number of hydrogen-bond acceptors (Lipinski definition) is 2. The Morgan fingerprint density at radius 1 is 1.39 bits per heavy atom. The van der Waals surface area contributed by atoms with Crippen LogP contribution in [0.15, 0.2) is 36.5 Å². The third kappa shape index (κ3) is 2.86. The molecular formula is C14H13ClFNO. The second-order valence-corrected chi connectivity index (χ2v) is 4.57. The molecule has 18 heavy (non-hydrogen) atoms. The number of aliphatic hydroxyl groups is 1. The van der Waals surface area contributed by atoms with Crippen molar-refractivity contribution in [1.29, 1.82) is 0 Å². The van der Waals surface area contributed by atoms with E-state index in [0.717, 1.165) is 5.56 Å². The lowest BCUT2D eigenvalue weighted by Crippen LogP contribution is -2.06. The molecule has 0 radical (unpaired) electrons. The van der Waals surface area contributed by atoms with Gasteiger partial charge in [0.05, 0.1) is 5.69 Å². The summed E-state index contributed by atoms with van der Waals surface area (Å²) in [6.45, 7) is 1.87. The first-order valence-corrected chi connectivity index (χ1v) is 5.99. The zero-order valence-corrected chi connectivity index (χ0v) is 10.7. The van der Waals surface area contributed by atoms with Gasteiger partial charge in [-0.25, -0.2) is 4.39 Å². The fraction of sp³-hybridized carbons (Fsp3) is 0.214. The molecule has 0 amide bonds. The quantitative estimate of drug-likeness (QED) is 0.922. The Morgan fingerprint density at radius 2 is 2.17 bits per heavy atom. The largest absolute Gasteiger partial charge is 0.386 e. The summed E-state index contributed by atoms with van der Waals surface area (Å²) in [6, 6.07) is 7.80. The van der Waals surface area contributed by atoms with Gasteiger partial charge in [0, 0.05) is 17.6 Å². The van der Waals surface area contributed by atoms with Gasteiger partial charge in [-0.05, 0) is 42.3 Å². The van der Waals surface area contributed by atoms with Gasteiger partial charge in [-0.15, -0.1) is 0 Å². The fourth-order valence-electron chi connectivity index (χ4n) is 1.85. The number of aromatic nitrogens is 1. The predicted molar refractivity (Wildman–Crippen MR) is 69.0 cm³/mol. The predicted octanol–water partition coefficient (Wildman–Crippen LogP) is 3.46. The van der Waals surface area contributed by atoms with Crippen LogP contribution >= 0.6 is 11.6 Å². The molecule has 0 aliphatic rings. The number of hydrogen-bond donors (Lipinski definition) is 1. The van der Waals surface area contributed by atoms with Gasteiger partial charge >= 0.3 is 0 Å². The van der Waals surface area contributed by atoms with E-state index in [1.807, 2.05) is 13.0 Å². The number of aryl methyl sites for hydroxylation is 1. The molecule has 1 heterocycles. The molecule has 0 fully saturated rings. The standard InChI is InChI=1S/C14H13ClFNO/c1-9-3-2-6-17-14(9)13(18)8-10-7-11(16)4-5-12(10)15/h2-7,13,18H,8H2,1H3. The first-order chi connectivity index (χ1) is 8.58. The van der Waals surface area contributed by atoms with Crippen LogP contribution < -0.4 is 0 Å². The molecule has 94 valence electrons. The highest BCUT2D eigenvalue weighted by atomic mass is 35.5. The second kappa shape index (κ2) is 5.46. The lowest BCUT2D eigenvalue weighted by atomic mass is 10.0. The molecular weight excluding hydrogens is 253 g/mol. The maximum atomic E-state index is 13.1. The van der Waals surface area contributed by atoms with E-state index < -0.39 is 6.10 Å². The normalized spacial score (nSPS) is 12.4. The van der Waals surface area contributed by atoms with E-state index in [4.69, 9.17) is 11.6 Å². The molecule has 0 saturated heterocycles. The van der Waals surface area contributed by atoms with Crippen LogP contribution in [0.1, 0.15) is 22.9 Å². The molecule has 4 heteroatoms. The highest BCUT2D eigenvalue weighted by Crippen LogP contribution is 2.24. The third-order valence-corrected chi connectivity index (χ3v) is 3.16. The Bertz CT molecular complexity index is 559. The molecule has 1 unspecified atom stereocenters. The maximum Gasteiger partial charge on any atom is 0.123 e. The number of halogens is 2. The highest BCUT2D eigenvalue weighted by Gasteiger charge is 2.14. The fourth-order valence-corrected chi connectivity index (χ4v) is 2.05. The topological polar surface area (TPSA) is 33.1 Å². The Morgan fingerprint density at radius 3 is 2.89 bits per heavy atom. The first-order valence-electron chi connectivity index (χ1n) is 5.61. The number of rotatable bonds is 3. The smallest absolute Gasteiger partial charge is 0.123 e. The van der Waals surface area contributed by atoms with Gasteiger partial charge in [0.15, 0.2) is 0 Å². The van der Waals surface area contributed by atoms with Crippen molar-refractivity contribution in [2.75, 3.05) is 0 Å². The molecule has 1 atom stereocenters. The van der Waals surface area contributed by atoms with E-state index in [1.165, 1.54) is 18.2 Å². The Hall–Kier alpha value is -1.45. The summed E-state index contributed by atoms with van der Waals surface area (Å²) >= 11 is 5.97. The van der Waals surface area contributed by atoms with Crippen molar-refractivity contribution in [3.05, 3.63) is 64.2 Å². The molecule has 0 aliphatic carbocycles. The molecule has 1 aromatic carbocycles. The second-order valence-electron chi connectivity index (χ2n) is 4.16. The minimum Gasteiger partial charge on any atom is -0.386 e. The van der Waals surface area contributed by atoms with Crippen molar-refractivity contribution in [2.45, 2.75) is 19.4 Å². The van der Waals surface area contributed by atoms with Gasteiger partial charge in [0.2, 0.25) is 0 Å². The lowest BCUT2D eigenvalue weighted by Gasteiger charge is -2.13. The molecule has 1 N–H and O–H groups in total. The molecule has 2 aromatic rings. The molecule has 0 aliphatic heterocycles. The summed E-state index contributed by atoms with van der Waals surface area (Å²) < 4.78 is 13.1. The zero-order valence-electron chi connectivity index (χ0n) is 9.90. The summed E-state index contributed by atoms with van der Waals surface area (Å²) in [7, 11) is 0. The van der Waals surface area contributed by atoms with Crippen molar-refractivity contribution in [1.82, 2.24) is 4.98 Å². The van der Waals surface area contributed by atoms with Crippen LogP contribution in [-0.4, -0.2) is 10.1 Å². The minimum atomic E-state index is -0.787. The van der Waals surface area contributed by atoms with Crippen molar-refractivity contribution >= 4 is 11.6 Å². The Balaban J connectivity index is 2.24. The van der Waals surface area contributed by atoms with Crippen molar-refractivity contribution < 1.29 is 9.50 Å². The van der Waals surface area contributed by atoms with Crippen LogP contribution in [0, 0.1) is 12.7 Å². The monoisotopic (exact) mass is 265 g/mol. The van der Waals surface area contributed by atoms with Gasteiger partial charge in [0.25, 0.3) is 0 Å². The molecule has 0 spiro atoms. The van der Waals surface area contributed by atoms with Gasteiger partial charge in [-0.2, -0.15) is 0 Å². The molecule has 2 rings (SSSR count). The number of aliphatic hydroxyl groups excluding tert-OH is 1. The van der Waals surface area contributed by atoms with E-state index in [2.05, 4.69) is 4.98 Å². The average Bonchev–Trinajstić information content (AvgIpc) is 2.34. The SMILES string of the molecule is Cc1cccnc1C(O)Cc1cc(F)ccc1Cl. The molecule has 2 nitrogen and oxygen atoms in total. The number of nitrogens with zero attached hydrogens (tertiary/aromatic N) is 1. The Kier molecular flexibility index (Phi) is 3.94. The summed E-state index contributed by atoms with van der Waals surface area (Å²) in [5, 5.41) is 10.6. The maximum absolute atomic E-state index is 13.1. The molecule has 0 bridgehead atoms. The van der Waals surface area contributed by atoms with E-state index >= 15 is 0 Å². The van der Waals surface area contributed by atoms with Crippen molar-refractivity contribution in [2.24, 2.45) is 0 Å². The van der Waals surface area contributed by atoms with Crippen LogP contribution in [0.2, 0.25) is 5.02 Å². The summed E-state index contributed by atoms with van der Waals surface area (Å²) in [5.74, 6) is -0.362. The highest BCUT2D eigenvalue weighted by molar-refractivity contribution is 6.31. The third-order valence-electron chi connectivity index (χ3n) is 2.79. The molecule has 0 saturated carbocycles. The van der Waals surface area contributed by atoms with Gasteiger partial charge in [-0.3, -0.25) is 4.98 Å². The zero-order chi connectivity index (χ0) is 13.1. The van der Waals surface area contributed by atoms with E-state index in [1.54, 1.807) is 12.3 Å². The summed E-state index contributed by atoms with van der Waals surface area (Å²) in [5.41, 5.74) is 2.07. The Labute approximate surface area is 110 Å². The number of pyridine rings is 1. The van der Waals surface area contributed by atoms with Crippen LogP contribution in [0.25, 0.3) is 0 Å². The minimum absolute atomic E-state index is 0.244. The van der Waals surface area contributed by atoms with E-state index in [9.17, 15) is 9.50 Å². The van der Waals surface area contributed by atoms with Crippen molar-refractivity contribution in [3.8, 4) is 0 Å². The summed E-state index contributed by atoms with van der Waals surface area (Å²) in [6.07, 6.45) is 1.08. The van der Waals surface area contributed by atoms with Crippen LogP contribution in [0.5, 0.6) is 0 Å². The van der Waals surface area contributed by atoms with Gasteiger partial charge in [0.1, 0.15) is 11.9 Å². The van der Waals surface area contributed by atoms with Crippen molar-refractivity contribution in [3.63, 3.8) is 0 Å². The average molecular weight is 266 g/mol. The summed E-state index contributed by atoms with van der Waals surface area (Å²) in [4.78, 5) is 4.14. The van der Waals surface area contributed by atoms with E-state index in [0.29, 0.717) is 16.3 Å². The van der Waals surface area contributed by atoms with E-state index in [-0.39, 0.29) is 12.2 Å². The molecule has 1 aromatic heterocycles.